The third kappa shape index (κ3) is 2.41. The minimum atomic E-state index is 0.301. The molecule has 1 saturated heterocycles. The van der Waals surface area contributed by atoms with Gasteiger partial charge in [0.05, 0.1) is 18.1 Å². The normalized spacial score (nSPS) is 22.1. The standard InChI is InChI=1S/C15H19N3O2/c1-3-19-13-7-5-4-6-11(13)14-17-15(20-18-14)12-9-16-8-10(12)2/h4-7,10,12,16H,3,8-9H2,1-2H3/t10-,12-/m1/s1. The van der Waals surface area contributed by atoms with Gasteiger partial charge in [0.1, 0.15) is 5.75 Å². The van der Waals surface area contributed by atoms with Crippen molar-refractivity contribution in [2.24, 2.45) is 5.92 Å². The first-order chi connectivity index (χ1) is 9.79. The maximum atomic E-state index is 5.61. The van der Waals surface area contributed by atoms with Gasteiger partial charge in [-0.1, -0.05) is 24.2 Å². The maximum Gasteiger partial charge on any atom is 0.231 e. The molecule has 1 aliphatic rings. The van der Waals surface area contributed by atoms with E-state index in [4.69, 9.17) is 9.26 Å². The van der Waals surface area contributed by atoms with Crippen LogP contribution in [0.15, 0.2) is 28.8 Å². The summed E-state index contributed by atoms with van der Waals surface area (Å²) in [7, 11) is 0. The number of benzene rings is 1. The summed E-state index contributed by atoms with van der Waals surface area (Å²) in [6, 6.07) is 7.77. The lowest BCUT2D eigenvalue weighted by Crippen LogP contribution is -2.08. The molecule has 2 atom stereocenters. The lowest BCUT2D eigenvalue weighted by Gasteiger charge is -2.08. The predicted molar refractivity (Wildman–Crippen MR) is 75.7 cm³/mol. The molecule has 106 valence electrons. The number of hydrogen-bond donors (Lipinski definition) is 1. The number of aromatic nitrogens is 2. The van der Waals surface area contributed by atoms with Crippen LogP contribution in [0.3, 0.4) is 0 Å². The van der Waals surface area contributed by atoms with Crippen molar-refractivity contribution in [2.45, 2.75) is 19.8 Å². The molecule has 0 bridgehead atoms. The molecule has 5 heteroatoms. The first-order valence-corrected chi connectivity index (χ1v) is 7.06. The number of para-hydroxylation sites is 1. The maximum absolute atomic E-state index is 5.61. The summed E-state index contributed by atoms with van der Waals surface area (Å²) < 4.78 is 11.1. The molecule has 0 radical (unpaired) electrons. The van der Waals surface area contributed by atoms with Gasteiger partial charge in [-0.2, -0.15) is 4.98 Å². The van der Waals surface area contributed by atoms with Crippen molar-refractivity contribution in [3.05, 3.63) is 30.2 Å². The fourth-order valence-electron chi connectivity index (χ4n) is 2.57. The van der Waals surface area contributed by atoms with Crippen molar-refractivity contribution in [3.8, 4) is 17.1 Å². The van der Waals surface area contributed by atoms with Crippen molar-refractivity contribution < 1.29 is 9.26 Å². The predicted octanol–water partition coefficient (Wildman–Crippen LogP) is 2.46. The number of nitrogens with zero attached hydrogens (tertiary/aromatic N) is 2. The van der Waals surface area contributed by atoms with E-state index in [1.807, 2.05) is 31.2 Å². The van der Waals surface area contributed by atoms with E-state index in [2.05, 4.69) is 22.4 Å². The fraction of sp³-hybridized carbons (Fsp3) is 0.467. The zero-order valence-electron chi connectivity index (χ0n) is 11.8. The Morgan fingerprint density at radius 3 is 2.95 bits per heavy atom. The van der Waals surface area contributed by atoms with Crippen LogP contribution >= 0.6 is 0 Å². The van der Waals surface area contributed by atoms with E-state index in [1.165, 1.54) is 0 Å². The zero-order valence-corrected chi connectivity index (χ0v) is 11.8. The quantitative estimate of drug-likeness (QED) is 0.927. The highest BCUT2D eigenvalue weighted by Crippen LogP contribution is 2.31. The van der Waals surface area contributed by atoms with Crippen molar-refractivity contribution in [1.82, 2.24) is 15.5 Å². The van der Waals surface area contributed by atoms with Crippen LogP contribution in [-0.4, -0.2) is 29.8 Å². The molecule has 0 unspecified atom stereocenters. The minimum Gasteiger partial charge on any atom is -0.493 e. The van der Waals surface area contributed by atoms with Gasteiger partial charge in [-0.25, -0.2) is 0 Å². The molecular formula is C15H19N3O2. The molecule has 1 aromatic carbocycles. The van der Waals surface area contributed by atoms with Crippen LogP contribution in [0.2, 0.25) is 0 Å². The molecule has 5 nitrogen and oxygen atoms in total. The van der Waals surface area contributed by atoms with Crippen molar-refractivity contribution >= 4 is 0 Å². The number of ether oxygens (including phenoxy) is 1. The summed E-state index contributed by atoms with van der Waals surface area (Å²) in [4.78, 5) is 4.56. The molecule has 2 heterocycles. The van der Waals surface area contributed by atoms with E-state index in [1.54, 1.807) is 0 Å². The number of nitrogens with one attached hydrogen (secondary N) is 1. The monoisotopic (exact) mass is 273 g/mol. The van der Waals surface area contributed by atoms with Crippen molar-refractivity contribution in [1.29, 1.82) is 0 Å². The van der Waals surface area contributed by atoms with E-state index in [-0.39, 0.29) is 0 Å². The SMILES string of the molecule is CCOc1ccccc1-c1noc([C@@H]2CNC[C@H]2C)n1. The molecule has 1 fully saturated rings. The Morgan fingerprint density at radius 1 is 1.35 bits per heavy atom. The molecule has 1 aliphatic heterocycles. The van der Waals surface area contributed by atoms with Gasteiger partial charge in [-0.05, 0) is 31.5 Å². The summed E-state index contributed by atoms with van der Waals surface area (Å²) >= 11 is 0. The Balaban J connectivity index is 1.90. The average Bonchev–Trinajstić information content (AvgIpc) is 3.08. The summed E-state index contributed by atoms with van der Waals surface area (Å²) in [5.74, 6) is 2.92. The Kier molecular flexibility index (Phi) is 3.69. The number of rotatable bonds is 4. The van der Waals surface area contributed by atoms with Gasteiger partial charge in [0.25, 0.3) is 0 Å². The van der Waals surface area contributed by atoms with Crippen molar-refractivity contribution in [3.63, 3.8) is 0 Å². The minimum absolute atomic E-state index is 0.301. The van der Waals surface area contributed by atoms with E-state index in [0.29, 0.717) is 30.2 Å². The third-order valence-corrected chi connectivity index (χ3v) is 3.70. The number of hydrogen-bond acceptors (Lipinski definition) is 5. The molecule has 3 rings (SSSR count). The molecule has 1 aromatic heterocycles. The van der Waals surface area contributed by atoms with Crippen LogP contribution in [0.5, 0.6) is 5.75 Å². The zero-order chi connectivity index (χ0) is 13.9. The second-order valence-electron chi connectivity index (χ2n) is 5.13. The molecule has 0 saturated carbocycles. The Bertz CT molecular complexity index is 582. The van der Waals surface area contributed by atoms with Crippen LogP contribution in [0.1, 0.15) is 25.7 Å². The molecule has 0 aliphatic carbocycles. The van der Waals surface area contributed by atoms with Crippen LogP contribution in [0.4, 0.5) is 0 Å². The second-order valence-corrected chi connectivity index (χ2v) is 5.13. The lowest BCUT2D eigenvalue weighted by atomic mass is 9.98. The van der Waals surface area contributed by atoms with Crippen LogP contribution < -0.4 is 10.1 Å². The third-order valence-electron chi connectivity index (χ3n) is 3.70. The van der Waals surface area contributed by atoms with Gasteiger partial charge >= 0.3 is 0 Å². The van der Waals surface area contributed by atoms with Crippen LogP contribution in [-0.2, 0) is 0 Å². The molecule has 0 spiro atoms. The Hall–Kier alpha value is -1.88. The van der Waals surface area contributed by atoms with E-state index >= 15 is 0 Å². The Morgan fingerprint density at radius 2 is 2.20 bits per heavy atom. The summed E-state index contributed by atoms with van der Waals surface area (Å²) in [5.41, 5.74) is 0.878. The largest absolute Gasteiger partial charge is 0.493 e. The van der Waals surface area contributed by atoms with Gasteiger partial charge in [0.2, 0.25) is 11.7 Å². The summed E-state index contributed by atoms with van der Waals surface area (Å²) in [6.45, 7) is 6.67. The lowest BCUT2D eigenvalue weighted by molar-refractivity contribution is 0.336. The van der Waals surface area contributed by atoms with Gasteiger partial charge < -0.3 is 14.6 Å². The fourth-order valence-corrected chi connectivity index (χ4v) is 2.57. The van der Waals surface area contributed by atoms with E-state index < -0.39 is 0 Å². The van der Waals surface area contributed by atoms with E-state index in [0.717, 1.165) is 24.4 Å². The molecule has 1 N–H and O–H groups in total. The molecule has 2 aromatic rings. The first kappa shape index (κ1) is 13.1. The van der Waals surface area contributed by atoms with Gasteiger partial charge in [-0.15, -0.1) is 0 Å². The van der Waals surface area contributed by atoms with Gasteiger partial charge in [-0.3, -0.25) is 0 Å². The Labute approximate surface area is 118 Å². The highest BCUT2D eigenvalue weighted by Gasteiger charge is 2.30. The highest BCUT2D eigenvalue weighted by molar-refractivity contribution is 5.63. The molecule has 20 heavy (non-hydrogen) atoms. The molecular weight excluding hydrogens is 254 g/mol. The van der Waals surface area contributed by atoms with Gasteiger partial charge in [0.15, 0.2) is 0 Å². The van der Waals surface area contributed by atoms with Crippen LogP contribution in [0.25, 0.3) is 11.4 Å². The smallest absolute Gasteiger partial charge is 0.231 e. The van der Waals surface area contributed by atoms with Gasteiger partial charge in [0, 0.05) is 6.54 Å². The highest BCUT2D eigenvalue weighted by atomic mass is 16.5. The summed E-state index contributed by atoms with van der Waals surface area (Å²) in [5, 5.41) is 7.46. The summed E-state index contributed by atoms with van der Waals surface area (Å²) in [6.07, 6.45) is 0. The van der Waals surface area contributed by atoms with Crippen LogP contribution in [0, 0.1) is 5.92 Å². The first-order valence-electron chi connectivity index (χ1n) is 7.06. The second kappa shape index (κ2) is 5.63. The van der Waals surface area contributed by atoms with Crippen molar-refractivity contribution in [2.75, 3.05) is 19.7 Å². The topological polar surface area (TPSA) is 60.2 Å². The molecule has 0 amide bonds. The van der Waals surface area contributed by atoms with E-state index in [9.17, 15) is 0 Å². The average molecular weight is 273 g/mol.